The number of nitrogens with zero attached hydrogens (tertiary/aromatic N) is 2. The van der Waals surface area contributed by atoms with E-state index in [-0.39, 0.29) is 36.2 Å². The predicted molar refractivity (Wildman–Crippen MR) is 101 cm³/mol. The first-order valence-corrected chi connectivity index (χ1v) is 9.22. The van der Waals surface area contributed by atoms with E-state index < -0.39 is 5.97 Å². The standard InChI is InChI=1S/C20H25N3O4.ClH/c1-21-18(15-16-6-8-17(24)9-7-16)20(27)23-13-11-22(12-14-23)10-4-2-3-5-19(25)26;/h6-9,15,24H,2-5,10-14H2,(H,25,26);1H/b18-15-;. The highest BCUT2D eigenvalue weighted by Crippen LogP contribution is 2.15. The number of unbranched alkanes of at least 4 members (excludes halogenated alkanes) is 2. The van der Waals surface area contributed by atoms with Crippen molar-refractivity contribution in [1.29, 1.82) is 0 Å². The van der Waals surface area contributed by atoms with E-state index in [0.717, 1.165) is 32.5 Å². The molecule has 2 rings (SSSR count). The van der Waals surface area contributed by atoms with Gasteiger partial charge in [0.1, 0.15) is 5.75 Å². The minimum atomic E-state index is -0.745. The molecule has 3 N–H and O–H groups in total. The third-order valence-electron chi connectivity index (χ3n) is 4.71. The summed E-state index contributed by atoms with van der Waals surface area (Å²) in [5.41, 5.74) is 0.788. The number of phenols is 1. The number of nitrogens with one attached hydrogen (secondary N) is 1. The van der Waals surface area contributed by atoms with Crippen LogP contribution in [0, 0.1) is 6.57 Å². The van der Waals surface area contributed by atoms with Gasteiger partial charge in [-0.2, -0.15) is 0 Å². The van der Waals surface area contributed by atoms with Crippen molar-refractivity contribution < 1.29 is 37.1 Å². The van der Waals surface area contributed by atoms with Gasteiger partial charge in [0, 0.05) is 6.42 Å². The van der Waals surface area contributed by atoms with Gasteiger partial charge in [-0.3, -0.25) is 9.59 Å². The fourth-order valence-electron chi connectivity index (χ4n) is 3.14. The van der Waals surface area contributed by atoms with Crippen LogP contribution in [0.25, 0.3) is 10.9 Å². The Balaban J connectivity index is 0.00000392. The molecule has 1 aliphatic heterocycles. The van der Waals surface area contributed by atoms with Crippen LogP contribution in [0.15, 0.2) is 30.0 Å². The number of halogens is 1. The minimum absolute atomic E-state index is 0. The molecule has 1 aliphatic rings. The van der Waals surface area contributed by atoms with Crippen molar-refractivity contribution in [3.05, 3.63) is 46.9 Å². The first-order chi connectivity index (χ1) is 13.0. The van der Waals surface area contributed by atoms with Crippen LogP contribution in [0.4, 0.5) is 0 Å². The Kier molecular flexibility index (Phi) is 10.1. The molecule has 7 nitrogen and oxygen atoms in total. The minimum Gasteiger partial charge on any atom is -1.00 e. The van der Waals surface area contributed by atoms with E-state index in [0.29, 0.717) is 25.1 Å². The molecule has 1 amide bonds. The van der Waals surface area contributed by atoms with Gasteiger partial charge in [0.2, 0.25) is 0 Å². The monoisotopic (exact) mass is 407 g/mol. The average molecular weight is 408 g/mol. The number of hydrogen-bond acceptors (Lipinski definition) is 3. The van der Waals surface area contributed by atoms with Crippen molar-refractivity contribution in [3.8, 4) is 5.75 Å². The molecular formula is C20H26ClN3O4. The number of amides is 1. The Bertz CT molecular complexity index is 720. The molecule has 1 saturated heterocycles. The molecule has 1 aromatic rings. The molecule has 0 unspecified atom stereocenters. The number of rotatable bonds is 8. The molecule has 152 valence electrons. The van der Waals surface area contributed by atoms with Crippen LogP contribution in [-0.4, -0.2) is 59.7 Å². The zero-order valence-corrected chi connectivity index (χ0v) is 16.5. The molecule has 0 saturated carbocycles. The van der Waals surface area contributed by atoms with Gasteiger partial charge in [-0.05, 0) is 43.0 Å². The summed E-state index contributed by atoms with van der Waals surface area (Å²) < 4.78 is 0. The van der Waals surface area contributed by atoms with Gasteiger partial charge < -0.3 is 32.4 Å². The second-order valence-electron chi connectivity index (χ2n) is 6.73. The third-order valence-corrected chi connectivity index (χ3v) is 4.71. The van der Waals surface area contributed by atoms with Gasteiger partial charge in [0.05, 0.1) is 39.3 Å². The summed E-state index contributed by atoms with van der Waals surface area (Å²) in [6.07, 6.45) is 4.39. The number of quaternary nitrogens is 1. The summed E-state index contributed by atoms with van der Waals surface area (Å²) in [6, 6.07) is 6.38. The van der Waals surface area contributed by atoms with Crippen LogP contribution in [0.5, 0.6) is 5.75 Å². The number of carbonyl (C=O) groups excluding carboxylic acids is 1. The number of carbonyl (C=O) groups is 2. The quantitative estimate of drug-likeness (QED) is 0.265. The summed E-state index contributed by atoms with van der Waals surface area (Å²) in [5.74, 6) is -0.853. The highest BCUT2D eigenvalue weighted by atomic mass is 35.5. The maximum atomic E-state index is 12.6. The lowest BCUT2D eigenvalue weighted by atomic mass is 10.1. The average Bonchev–Trinajstić information content (AvgIpc) is 2.67. The number of aliphatic carboxylic acids is 1. The Morgan fingerprint density at radius 2 is 1.79 bits per heavy atom. The normalized spacial score (nSPS) is 14.8. The summed E-state index contributed by atoms with van der Waals surface area (Å²) >= 11 is 0. The van der Waals surface area contributed by atoms with E-state index in [1.165, 1.54) is 17.0 Å². The fraction of sp³-hybridized carbons (Fsp3) is 0.450. The van der Waals surface area contributed by atoms with Crippen LogP contribution in [0.3, 0.4) is 0 Å². The third kappa shape index (κ3) is 7.59. The van der Waals surface area contributed by atoms with Crippen LogP contribution in [0.1, 0.15) is 31.2 Å². The second kappa shape index (κ2) is 12.0. The van der Waals surface area contributed by atoms with Gasteiger partial charge in [0.25, 0.3) is 11.6 Å². The van der Waals surface area contributed by atoms with Crippen molar-refractivity contribution in [2.45, 2.75) is 25.7 Å². The Morgan fingerprint density at radius 3 is 2.36 bits per heavy atom. The van der Waals surface area contributed by atoms with Gasteiger partial charge in [-0.1, -0.05) is 12.1 Å². The number of benzene rings is 1. The van der Waals surface area contributed by atoms with E-state index in [4.69, 9.17) is 11.7 Å². The van der Waals surface area contributed by atoms with Gasteiger partial charge in [-0.25, -0.2) is 4.85 Å². The summed E-state index contributed by atoms with van der Waals surface area (Å²) in [4.78, 5) is 29.6. The van der Waals surface area contributed by atoms with Crippen molar-refractivity contribution in [3.63, 3.8) is 0 Å². The number of piperazine rings is 1. The van der Waals surface area contributed by atoms with Crippen LogP contribution < -0.4 is 17.3 Å². The lowest BCUT2D eigenvalue weighted by Gasteiger charge is -2.32. The number of phenolic OH excluding ortho intramolecular Hbond substituents is 1. The number of carboxylic acid groups (broad SMARTS) is 1. The summed E-state index contributed by atoms with van der Waals surface area (Å²) in [5, 5.41) is 18.0. The molecule has 0 bridgehead atoms. The summed E-state index contributed by atoms with van der Waals surface area (Å²) in [6.45, 7) is 11.2. The largest absolute Gasteiger partial charge is 1.00 e. The van der Waals surface area contributed by atoms with Crippen LogP contribution in [0.2, 0.25) is 0 Å². The summed E-state index contributed by atoms with van der Waals surface area (Å²) in [7, 11) is 0. The highest BCUT2D eigenvalue weighted by Gasteiger charge is 2.25. The zero-order chi connectivity index (χ0) is 19.6. The van der Waals surface area contributed by atoms with Crippen molar-refractivity contribution in [2.24, 2.45) is 0 Å². The smallest absolute Gasteiger partial charge is 0.303 e. The van der Waals surface area contributed by atoms with Crippen LogP contribution >= 0.6 is 0 Å². The number of carboxylic acids is 1. The molecule has 1 heterocycles. The molecule has 28 heavy (non-hydrogen) atoms. The number of aromatic hydroxyl groups is 1. The van der Waals surface area contributed by atoms with Gasteiger partial charge in [-0.15, -0.1) is 0 Å². The molecule has 1 fully saturated rings. The second-order valence-corrected chi connectivity index (χ2v) is 6.73. The topological polar surface area (TPSA) is 86.6 Å². The molecule has 0 atom stereocenters. The molecule has 0 aliphatic carbocycles. The van der Waals surface area contributed by atoms with E-state index >= 15 is 0 Å². The van der Waals surface area contributed by atoms with Crippen molar-refractivity contribution in [1.82, 2.24) is 4.90 Å². The lowest BCUT2D eigenvalue weighted by molar-refractivity contribution is -0.904. The van der Waals surface area contributed by atoms with Crippen LogP contribution in [-0.2, 0) is 9.59 Å². The SMILES string of the molecule is [C-]#[N+]/C(=C\c1ccc(O)cc1)C(=O)N1CC[NH+](CCCCCC(=O)O)CC1.[Cl-]. The molecule has 1 aromatic carbocycles. The van der Waals surface area contributed by atoms with Gasteiger partial charge >= 0.3 is 5.97 Å². The van der Waals surface area contributed by atoms with Gasteiger partial charge in [0.15, 0.2) is 0 Å². The zero-order valence-electron chi connectivity index (χ0n) is 15.7. The fourth-order valence-corrected chi connectivity index (χ4v) is 3.14. The van der Waals surface area contributed by atoms with Crippen molar-refractivity contribution >= 4 is 18.0 Å². The van der Waals surface area contributed by atoms with E-state index in [1.807, 2.05) is 0 Å². The maximum absolute atomic E-state index is 12.6. The molecule has 0 aromatic heterocycles. The highest BCUT2D eigenvalue weighted by molar-refractivity contribution is 5.99. The number of hydrogen-bond donors (Lipinski definition) is 3. The Hall–Kier alpha value is -2.56. The maximum Gasteiger partial charge on any atom is 0.303 e. The molecule has 0 spiro atoms. The van der Waals surface area contributed by atoms with E-state index in [9.17, 15) is 14.7 Å². The Labute approximate surface area is 171 Å². The van der Waals surface area contributed by atoms with E-state index in [1.54, 1.807) is 23.1 Å². The Morgan fingerprint density at radius 1 is 1.14 bits per heavy atom. The first kappa shape index (κ1) is 23.5. The molecule has 8 heteroatoms. The first-order valence-electron chi connectivity index (χ1n) is 9.22. The van der Waals surface area contributed by atoms with Crippen molar-refractivity contribution in [2.75, 3.05) is 32.7 Å². The predicted octanol–water partition coefficient (Wildman–Crippen LogP) is -1.97. The van der Waals surface area contributed by atoms with E-state index in [2.05, 4.69) is 4.85 Å². The molecular weight excluding hydrogens is 382 g/mol. The lowest BCUT2D eigenvalue weighted by Crippen LogP contribution is -3.14. The molecule has 0 radical (unpaired) electrons.